The van der Waals surface area contributed by atoms with Crippen LogP contribution in [0.3, 0.4) is 0 Å². The lowest BCUT2D eigenvalue weighted by Gasteiger charge is -2.20. The first kappa shape index (κ1) is 20.8. The maximum absolute atomic E-state index is 12.5. The van der Waals surface area contributed by atoms with Crippen molar-refractivity contribution in [2.24, 2.45) is 0 Å². The predicted octanol–water partition coefficient (Wildman–Crippen LogP) is 4.16. The standard InChI is InChI=1S/C22H24ClN5OS/c1-14(17-7-6-15-4-2-3-5-18(15)12-17)25-20(29)13-30-22-27-26-21(28(22)24)16-8-10-19(23)11-9-16/h6-12,14H,2-5,13,24H2,1H3,(H,25,29). The highest BCUT2D eigenvalue weighted by Gasteiger charge is 2.17. The van der Waals surface area contributed by atoms with E-state index in [2.05, 4.69) is 33.7 Å². The van der Waals surface area contributed by atoms with Crippen molar-refractivity contribution in [1.29, 1.82) is 0 Å². The summed E-state index contributed by atoms with van der Waals surface area (Å²) in [5.41, 5.74) is 4.81. The molecule has 8 heteroatoms. The number of aromatic nitrogens is 3. The Balaban J connectivity index is 1.35. The van der Waals surface area contributed by atoms with E-state index in [0.717, 1.165) is 24.0 Å². The van der Waals surface area contributed by atoms with Gasteiger partial charge in [0.2, 0.25) is 11.1 Å². The van der Waals surface area contributed by atoms with Crippen LogP contribution in [-0.2, 0) is 17.6 Å². The molecule has 6 nitrogen and oxygen atoms in total. The molecule has 1 aromatic heterocycles. The monoisotopic (exact) mass is 441 g/mol. The predicted molar refractivity (Wildman–Crippen MR) is 121 cm³/mol. The molecule has 0 spiro atoms. The van der Waals surface area contributed by atoms with Crippen LogP contribution in [0.4, 0.5) is 0 Å². The number of rotatable bonds is 6. The lowest BCUT2D eigenvalue weighted by atomic mass is 9.89. The average Bonchev–Trinajstić information content (AvgIpc) is 3.12. The molecule has 1 aliphatic rings. The third-order valence-electron chi connectivity index (χ3n) is 5.35. The van der Waals surface area contributed by atoms with E-state index in [1.54, 1.807) is 12.1 Å². The molecule has 1 unspecified atom stereocenters. The molecule has 1 aliphatic carbocycles. The lowest BCUT2D eigenvalue weighted by molar-refractivity contribution is -0.119. The van der Waals surface area contributed by atoms with Crippen LogP contribution in [0.15, 0.2) is 47.6 Å². The average molecular weight is 442 g/mol. The van der Waals surface area contributed by atoms with E-state index in [1.165, 1.54) is 40.4 Å². The molecule has 1 amide bonds. The van der Waals surface area contributed by atoms with Crippen molar-refractivity contribution < 1.29 is 4.79 Å². The highest BCUT2D eigenvalue weighted by atomic mass is 35.5. The Morgan fingerprint density at radius 2 is 1.90 bits per heavy atom. The van der Waals surface area contributed by atoms with Crippen molar-refractivity contribution in [3.63, 3.8) is 0 Å². The Kier molecular flexibility index (Phi) is 6.29. The molecule has 30 heavy (non-hydrogen) atoms. The SMILES string of the molecule is CC(NC(=O)CSc1nnc(-c2ccc(Cl)cc2)n1N)c1ccc2c(c1)CCCC2. The number of hydrogen-bond acceptors (Lipinski definition) is 5. The largest absolute Gasteiger partial charge is 0.349 e. The van der Waals surface area contributed by atoms with Crippen LogP contribution in [0.2, 0.25) is 5.02 Å². The fraction of sp³-hybridized carbons (Fsp3) is 0.318. The highest BCUT2D eigenvalue weighted by molar-refractivity contribution is 7.99. The van der Waals surface area contributed by atoms with Gasteiger partial charge in [-0.15, -0.1) is 10.2 Å². The van der Waals surface area contributed by atoms with Crippen molar-refractivity contribution in [2.75, 3.05) is 11.6 Å². The number of nitrogen functional groups attached to an aromatic ring is 1. The van der Waals surface area contributed by atoms with Crippen LogP contribution in [0.25, 0.3) is 11.4 Å². The molecule has 3 aromatic rings. The van der Waals surface area contributed by atoms with E-state index >= 15 is 0 Å². The number of nitrogens with zero attached hydrogens (tertiary/aromatic N) is 3. The first-order chi connectivity index (χ1) is 14.5. The van der Waals surface area contributed by atoms with Crippen molar-refractivity contribution in [1.82, 2.24) is 20.2 Å². The molecule has 1 atom stereocenters. The fourth-order valence-corrected chi connectivity index (χ4v) is 4.48. The third kappa shape index (κ3) is 4.63. The van der Waals surface area contributed by atoms with Crippen LogP contribution < -0.4 is 11.2 Å². The molecule has 0 radical (unpaired) electrons. The molecular formula is C22H24ClN5OS. The number of fused-ring (bicyclic) bond motifs is 1. The number of carbonyl (C=O) groups excluding carboxylic acids is 1. The van der Waals surface area contributed by atoms with Crippen LogP contribution in [0.1, 0.15) is 42.5 Å². The highest BCUT2D eigenvalue weighted by Crippen LogP contribution is 2.26. The summed E-state index contributed by atoms with van der Waals surface area (Å²) in [5.74, 6) is 6.79. The van der Waals surface area contributed by atoms with Gasteiger partial charge < -0.3 is 11.2 Å². The zero-order chi connectivity index (χ0) is 21.1. The van der Waals surface area contributed by atoms with Gasteiger partial charge in [0.25, 0.3) is 0 Å². The van der Waals surface area contributed by atoms with Gasteiger partial charge in [-0.05, 0) is 73.6 Å². The number of hydrogen-bond donors (Lipinski definition) is 2. The van der Waals surface area contributed by atoms with E-state index in [4.69, 9.17) is 17.4 Å². The maximum Gasteiger partial charge on any atom is 0.230 e. The van der Waals surface area contributed by atoms with Gasteiger partial charge in [0.15, 0.2) is 5.82 Å². The Morgan fingerprint density at radius 1 is 1.17 bits per heavy atom. The van der Waals surface area contributed by atoms with E-state index in [0.29, 0.717) is 16.0 Å². The summed E-state index contributed by atoms with van der Waals surface area (Å²) in [7, 11) is 0. The second kappa shape index (κ2) is 9.10. The Bertz CT molecular complexity index is 1050. The van der Waals surface area contributed by atoms with Crippen molar-refractivity contribution in [2.45, 2.75) is 43.8 Å². The van der Waals surface area contributed by atoms with Gasteiger partial charge in [0.1, 0.15) is 0 Å². The van der Waals surface area contributed by atoms with E-state index in [1.807, 2.05) is 19.1 Å². The second-order valence-electron chi connectivity index (χ2n) is 7.50. The summed E-state index contributed by atoms with van der Waals surface area (Å²) in [4.78, 5) is 12.5. The summed E-state index contributed by atoms with van der Waals surface area (Å²) in [6.45, 7) is 2.01. The quantitative estimate of drug-likeness (QED) is 0.443. The Labute approximate surface area is 185 Å². The van der Waals surface area contributed by atoms with Crippen LogP contribution in [0.5, 0.6) is 0 Å². The number of nitrogens with one attached hydrogen (secondary N) is 1. The number of amides is 1. The first-order valence-electron chi connectivity index (χ1n) is 10.0. The lowest BCUT2D eigenvalue weighted by Crippen LogP contribution is -2.28. The smallest absolute Gasteiger partial charge is 0.230 e. The van der Waals surface area contributed by atoms with Gasteiger partial charge in [-0.3, -0.25) is 4.79 Å². The normalized spacial score (nSPS) is 14.2. The van der Waals surface area contributed by atoms with Crippen molar-refractivity contribution >= 4 is 29.3 Å². The molecule has 0 saturated heterocycles. The minimum atomic E-state index is -0.0683. The summed E-state index contributed by atoms with van der Waals surface area (Å²) >= 11 is 7.19. The van der Waals surface area contributed by atoms with Gasteiger partial charge in [-0.25, -0.2) is 4.68 Å². The van der Waals surface area contributed by atoms with Crippen LogP contribution >= 0.6 is 23.4 Å². The van der Waals surface area contributed by atoms with Gasteiger partial charge in [-0.1, -0.05) is 41.6 Å². The molecule has 2 aromatic carbocycles. The number of carbonyl (C=O) groups is 1. The van der Waals surface area contributed by atoms with Gasteiger partial charge >= 0.3 is 0 Å². The number of aryl methyl sites for hydroxylation is 2. The molecule has 3 N–H and O–H groups in total. The third-order valence-corrected chi connectivity index (χ3v) is 6.54. The maximum atomic E-state index is 12.5. The van der Waals surface area contributed by atoms with E-state index in [9.17, 15) is 4.79 Å². The molecule has 0 saturated carbocycles. The summed E-state index contributed by atoms with van der Waals surface area (Å²) < 4.78 is 1.40. The molecule has 0 bridgehead atoms. The van der Waals surface area contributed by atoms with Crippen LogP contribution in [-0.4, -0.2) is 26.5 Å². The minimum Gasteiger partial charge on any atom is -0.349 e. The molecule has 156 valence electrons. The van der Waals surface area contributed by atoms with Crippen LogP contribution in [0, 0.1) is 0 Å². The zero-order valence-corrected chi connectivity index (χ0v) is 18.3. The number of halogens is 1. The van der Waals surface area contributed by atoms with Gasteiger partial charge in [0, 0.05) is 10.6 Å². The van der Waals surface area contributed by atoms with E-state index in [-0.39, 0.29) is 17.7 Å². The number of benzene rings is 2. The molecule has 0 fully saturated rings. The summed E-state index contributed by atoms with van der Waals surface area (Å²) in [6, 6.07) is 13.7. The second-order valence-corrected chi connectivity index (χ2v) is 8.88. The molecule has 0 aliphatic heterocycles. The number of thioether (sulfide) groups is 1. The Hall–Kier alpha value is -2.51. The molecule has 4 rings (SSSR count). The fourth-order valence-electron chi connectivity index (χ4n) is 3.69. The zero-order valence-electron chi connectivity index (χ0n) is 16.8. The van der Waals surface area contributed by atoms with Gasteiger partial charge in [-0.2, -0.15) is 0 Å². The van der Waals surface area contributed by atoms with Crippen molar-refractivity contribution in [3.05, 3.63) is 64.2 Å². The summed E-state index contributed by atoms with van der Waals surface area (Å²) in [5, 5.41) is 12.4. The topological polar surface area (TPSA) is 85.8 Å². The number of nitrogens with two attached hydrogens (primary N) is 1. The minimum absolute atomic E-state index is 0.0503. The van der Waals surface area contributed by atoms with Gasteiger partial charge in [0.05, 0.1) is 11.8 Å². The Morgan fingerprint density at radius 3 is 2.67 bits per heavy atom. The first-order valence-corrected chi connectivity index (χ1v) is 11.4. The molecule has 1 heterocycles. The van der Waals surface area contributed by atoms with Crippen molar-refractivity contribution in [3.8, 4) is 11.4 Å². The van der Waals surface area contributed by atoms with E-state index < -0.39 is 0 Å². The molecular weight excluding hydrogens is 418 g/mol. The summed E-state index contributed by atoms with van der Waals surface area (Å²) in [6.07, 6.45) is 4.79.